The van der Waals surface area contributed by atoms with Gasteiger partial charge in [0.2, 0.25) is 0 Å². The Hall–Kier alpha value is -0.455. The van der Waals surface area contributed by atoms with Gasteiger partial charge in [-0.3, -0.25) is 0 Å². The summed E-state index contributed by atoms with van der Waals surface area (Å²) in [7, 11) is -0.552. The molecule has 1 aliphatic heterocycles. The maximum Gasteiger partial charge on any atom is 0.496 e. The molecule has 7 heteroatoms. The molecule has 1 heterocycles. The quantitative estimate of drug-likeness (QED) is 0.862. The second kappa shape index (κ2) is 5.97. The van der Waals surface area contributed by atoms with Crippen LogP contribution in [0.15, 0.2) is 12.1 Å². The molecule has 0 atom stereocenters. The highest BCUT2D eigenvalue weighted by Gasteiger charge is 2.52. The van der Waals surface area contributed by atoms with E-state index < -0.39 is 18.3 Å². The molecule has 1 aromatic carbocycles. The van der Waals surface area contributed by atoms with Crippen molar-refractivity contribution in [3.63, 3.8) is 0 Å². The first-order chi connectivity index (χ1) is 9.69. The summed E-state index contributed by atoms with van der Waals surface area (Å²) in [6, 6.07) is 3.56. The summed E-state index contributed by atoms with van der Waals surface area (Å²) in [5.41, 5.74) is 5.25. The van der Waals surface area contributed by atoms with E-state index in [2.05, 4.69) is 0 Å². The maximum absolute atomic E-state index is 6.34. The summed E-state index contributed by atoms with van der Waals surface area (Å²) in [6.07, 6.45) is 0. The lowest BCUT2D eigenvalue weighted by Gasteiger charge is -2.32. The first-order valence-corrected chi connectivity index (χ1v) is 7.61. The van der Waals surface area contributed by atoms with Gasteiger partial charge in [-0.25, -0.2) is 0 Å². The van der Waals surface area contributed by atoms with Crippen molar-refractivity contribution >= 4 is 35.8 Å². The summed E-state index contributed by atoms with van der Waals surface area (Å²) >= 11 is 12.6. The Morgan fingerprint density at radius 1 is 1.10 bits per heavy atom. The summed E-state index contributed by atoms with van der Waals surface area (Å²) in [4.78, 5) is 0. The van der Waals surface area contributed by atoms with Crippen molar-refractivity contribution in [1.29, 1.82) is 0 Å². The average Bonchev–Trinajstić information content (AvgIpc) is 2.60. The van der Waals surface area contributed by atoms with Crippen LogP contribution in [0.3, 0.4) is 0 Å². The van der Waals surface area contributed by atoms with Crippen LogP contribution in [0.25, 0.3) is 0 Å². The van der Waals surface area contributed by atoms with Crippen LogP contribution in [0.5, 0.6) is 5.75 Å². The number of ether oxygens (including phenoxy) is 1. The molecule has 0 spiro atoms. The average molecular weight is 332 g/mol. The van der Waals surface area contributed by atoms with Crippen molar-refractivity contribution in [3.05, 3.63) is 22.2 Å². The molecule has 0 unspecified atom stereocenters. The molecule has 0 amide bonds. The fourth-order valence-corrected chi connectivity index (χ4v) is 2.45. The lowest BCUT2D eigenvalue weighted by molar-refractivity contribution is 0.00578. The molecule has 4 nitrogen and oxygen atoms in total. The number of hydrogen-bond acceptors (Lipinski definition) is 4. The second-order valence-corrected chi connectivity index (χ2v) is 6.76. The van der Waals surface area contributed by atoms with Gasteiger partial charge in [-0.05, 0) is 33.8 Å². The fourth-order valence-electron chi connectivity index (χ4n) is 1.98. The molecule has 1 aromatic rings. The van der Waals surface area contributed by atoms with Crippen molar-refractivity contribution in [1.82, 2.24) is 0 Å². The Balaban J connectivity index is 2.29. The molecular formula is C14H20BCl2NO3. The molecule has 2 N–H and O–H groups in total. The zero-order chi connectivity index (χ0) is 15.8. The smallest absolute Gasteiger partial charge is 0.491 e. The van der Waals surface area contributed by atoms with Crippen LogP contribution >= 0.6 is 23.2 Å². The van der Waals surface area contributed by atoms with Crippen LogP contribution in [0.1, 0.15) is 27.7 Å². The van der Waals surface area contributed by atoms with E-state index in [0.717, 1.165) is 0 Å². The molecule has 21 heavy (non-hydrogen) atoms. The van der Waals surface area contributed by atoms with E-state index in [0.29, 0.717) is 34.4 Å². The van der Waals surface area contributed by atoms with Gasteiger partial charge in [-0.15, -0.1) is 0 Å². The lowest BCUT2D eigenvalue weighted by atomic mass is 9.79. The highest BCUT2D eigenvalue weighted by molar-refractivity contribution is 6.66. The molecule has 2 rings (SSSR count). The van der Waals surface area contributed by atoms with E-state index in [1.807, 2.05) is 33.8 Å². The highest BCUT2D eigenvalue weighted by Crippen LogP contribution is 2.38. The van der Waals surface area contributed by atoms with Gasteiger partial charge < -0.3 is 19.8 Å². The van der Waals surface area contributed by atoms with Gasteiger partial charge in [0.25, 0.3) is 0 Å². The third kappa shape index (κ3) is 3.17. The van der Waals surface area contributed by atoms with Crippen LogP contribution in [-0.2, 0) is 9.31 Å². The SMILES string of the molecule is CC1(C)OB(c2ccc(OCCN)c(Cl)c2Cl)OC1(C)C. The zero-order valence-corrected chi connectivity index (χ0v) is 14.2. The van der Waals surface area contributed by atoms with Crippen molar-refractivity contribution < 1.29 is 14.0 Å². The molecule has 0 aromatic heterocycles. The molecule has 116 valence electrons. The van der Waals surface area contributed by atoms with Crippen molar-refractivity contribution in [2.24, 2.45) is 5.73 Å². The molecule has 1 aliphatic rings. The Bertz CT molecular complexity index is 521. The minimum atomic E-state index is -0.552. The van der Waals surface area contributed by atoms with E-state index in [4.69, 9.17) is 43.0 Å². The highest BCUT2D eigenvalue weighted by atomic mass is 35.5. The molecule has 0 radical (unpaired) electrons. The van der Waals surface area contributed by atoms with Crippen molar-refractivity contribution in [2.75, 3.05) is 13.2 Å². The monoisotopic (exact) mass is 331 g/mol. The molecule has 0 aliphatic carbocycles. The van der Waals surface area contributed by atoms with Gasteiger partial charge >= 0.3 is 7.12 Å². The van der Waals surface area contributed by atoms with E-state index in [1.165, 1.54) is 0 Å². The van der Waals surface area contributed by atoms with E-state index in [1.54, 1.807) is 6.07 Å². The standard InChI is InChI=1S/C14H20BCl2NO3/c1-13(2)14(3,4)21-15(20-13)9-5-6-10(19-8-7-18)12(17)11(9)16/h5-6H,7-8,18H2,1-4H3. The molecule has 0 saturated carbocycles. The maximum atomic E-state index is 6.34. The van der Waals surface area contributed by atoms with Crippen molar-refractivity contribution in [3.8, 4) is 5.75 Å². The van der Waals surface area contributed by atoms with Gasteiger partial charge in [-0.2, -0.15) is 0 Å². The van der Waals surface area contributed by atoms with Crippen LogP contribution in [0.4, 0.5) is 0 Å². The van der Waals surface area contributed by atoms with Gasteiger partial charge in [-0.1, -0.05) is 29.3 Å². The normalized spacial score (nSPS) is 19.9. The molecule has 0 bridgehead atoms. The van der Waals surface area contributed by atoms with Gasteiger partial charge in [0, 0.05) is 12.0 Å². The summed E-state index contributed by atoms with van der Waals surface area (Å²) < 4.78 is 17.4. The topological polar surface area (TPSA) is 53.7 Å². The number of nitrogens with two attached hydrogens (primary N) is 1. The second-order valence-electron chi connectivity index (χ2n) is 6.01. The summed E-state index contributed by atoms with van der Waals surface area (Å²) in [5, 5.41) is 0.724. The van der Waals surface area contributed by atoms with E-state index >= 15 is 0 Å². The third-order valence-corrected chi connectivity index (χ3v) is 4.84. The number of benzene rings is 1. The van der Waals surface area contributed by atoms with E-state index in [9.17, 15) is 0 Å². The van der Waals surface area contributed by atoms with Crippen LogP contribution < -0.4 is 15.9 Å². The van der Waals surface area contributed by atoms with E-state index in [-0.39, 0.29) is 0 Å². The fraction of sp³-hybridized carbons (Fsp3) is 0.571. The largest absolute Gasteiger partial charge is 0.496 e. The number of hydrogen-bond donors (Lipinski definition) is 1. The number of rotatable bonds is 4. The van der Waals surface area contributed by atoms with Gasteiger partial charge in [0.05, 0.1) is 16.2 Å². The van der Waals surface area contributed by atoms with Gasteiger partial charge in [0.15, 0.2) is 0 Å². The number of halogens is 2. The van der Waals surface area contributed by atoms with Crippen molar-refractivity contribution in [2.45, 2.75) is 38.9 Å². The van der Waals surface area contributed by atoms with Crippen LogP contribution in [0, 0.1) is 0 Å². The zero-order valence-electron chi connectivity index (χ0n) is 12.7. The first-order valence-electron chi connectivity index (χ1n) is 6.86. The minimum Gasteiger partial charge on any atom is -0.491 e. The van der Waals surface area contributed by atoms with Crippen LogP contribution in [0.2, 0.25) is 10.0 Å². The lowest BCUT2D eigenvalue weighted by Crippen LogP contribution is -2.41. The molecule has 1 fully saturated rings. The summed E-state index contributed by atoms with van der Waals surface area (Å²) in [5.74, 6) is 0.507. The molecule has 1 saturated heterocycles. The Morgan fingerprint density at radius 2 is 1.67 bits per heavy atom. The third-order valence-electron chi connectivity index (χ3n) is 3.96. The molecular weight excluding hydrogens is 312 g/mol. The minimum absolute atomic E-state index is 0.345. The Labute approximate surface area is 136 Å². The van der Waals surface area contributed by atoms with Gasteiger partial charge in [0.1, 0.15) is 17.4 Å². The van der Waals surface area contributed by atoms with Crippen LogP contribution in [-0.4, -0.2) is 31.5 Å². The Morgan fingerprint density at radius 3 is 2.19 bits per heavy atom. The predicted octanol–water partition coefficient (Wildman–Crippen LogP) is 2.63. The first kappa shape index (κ1) is 16.9. The Kier molecular flexibility index (Phi) is 4.81. The predicted molar refractivity (Wildman–Crippen MR) is 86.7 cm³/mol. The summed E-state index contributed by atoms with van der Waals surface area (Å²) in [6.45, 7) is 8.74.